The smallest absolute Gasteiger partial charge is 0.321 e. The van der Waals surface area contributed by atoms with E-state index in [2.05, 4.69) is 25.4 Å². The minimum Gasteiger partial charge on any atom is -0.379 e. The topological polar surface area (TPSA) is 86.4 Å². The van der Waals surface area contributed by atoms with Gasteiger partial charge in [-0.1, -0.05) is 12.1 Å². The summed E-state index contributed by atoms with van der Waals surface area (Å²) >= 11 is 0. The molecular formula is C19H28N6O2. The Morgan fingerprint density at radius 3 is 2.81 bits per heavy atom. The Hall–Kier alpha value is -2.45. The fourth-order valence-electron chi connectivity index (χ4n) is 3.25. The Labute approximate surface area is 159 Å². The molecule has 0 bridgehead atoms. The van der Waals surface area contributed by atoms with Gasteiger partial charge in [0.1, 0.15) is 5.82 Å². The fourth-order valence-corrected chi connectivity index (χ4v) is 3.25. The third-order valence-corrected chi connectivity index (χ3v) is 4.46. The molecule has 1 saturated heterocycles. The number of aromatic nitrogens is 3. The third kappa shape index (κ3) is 5.77. The standard InChI is InChI=1S/C19H28N6O2/c1-14-20-18(23-22-14)10-15-4-6-17(7-5-15)21-19(26)25-8-9-27-13-16(12-25)11-24(2)3/h4-7,16H,8-13H2,1-3H3,(H,21,26)(H,20,22,23)/t16-/m1/s1. The van der Waals surface area contributed by atoms with Crippen molar-refractivity contribution in [3.8, 4) is 0 Å². The molecular weight excluding hydrogens is 344 g/mol. The van der Waals surface area contributed by atoms with Crippen molar-refractivity contribution in [1.29, 1.82) is 0 Å². The Morgan fingerprint density at radius 1 is 1.37 bits per heavy atom. The maximum atomic E-state index is 12.7. The van der Waals surface area contributed by atoms with Crippen molar-refractivity contribution in [3.05, 3.63) is 41.5 Å². The number of carbonyl (C=O) groups excluding carboxylic acids is 1. The monoisotopic (exact) mass is 372 g/mol. The summed E-state index contributed by atoms with van der Waals surface area (Å²) in [6, 6.07) is 7.72. The number of amides is 2. The number of hydrogen-bond donors (Lipinski definition) is 2. The van der Waals surface area contributed by atoms with E-state index in [9.17, 15) is 4.79 Å². The van der Waals surface area contributed by atoms with E-state index in [1.807, 2.05) is 50.2 Å². The lowest BCUT2D eigenvalue weighted by atomic mass is 10.1. The highest BCUT2D eigenvalue weighted by molar-refractivity contribution is 5.89. The number of ether oxygens (including phenoxy) is 1. The molecule has 8 nitrogen and oxygen atoms in total. The third-order valence-electron chi connectivity index (χ3n) is 4.46. The van der Waals surface area contributed by atoms with Crippen LogP contribution < -0.4 is 5.32 Å². The molecule has 0 radical (unpaired) electrons. The highest BCUT2D eigenvalue weighted by atomic mass is 16.5. The fraction of sp³-hybridized carbons (Fsp3) is 0.526. The number of hydrogen-bond acceptors (Lipinski definition) is 5. The van der Waals surface area contributed by atoms with Crippen LogP contribution in [0.3, 0.4) is 0 Å². The Bertz CT molecular complexity index is 743. The van der Waals surface area contributed by atoms with E-state index < -0.39 is 0 Å². The molecule has 2 amide bonds. The van der Waals surface area contributed by atoms with Gasteiger partial charge in [-0.3, -0.25) is 5.10 Å². The minimum atomic E-state index is -0.0819. The van der Waals surface area contributed by atoms with Crippen molar-refractivity contribution in [2.24, 2.45) is 5.92 Å². The quantitative estimate of drug-likeness (QED) is 0.835. The van der Waals surface area contributed by atoms with E-state index in [1.165, 1.54) is 0 Å². The molecule has 0 spiro atoms. The van der Waals surface area contributed by atoms with Crippen LogP contribution in [0.4, 0.5) is 10.5 Å². The van der Waals surface area contributed by atoms with E-state index in [0.717, 1.165) is 29.4 Å². The van der Waals surface area contributed by atoms with Crippen LogP contribution in [0.2, 0.25) is 0 Å². The molecule has 2 aromatic rings. The summed E-state index contributed by atoms with van der Waals surface area (Å²) in [6.45, 7) is 5.36. The van der Waals surface area contributed by atoms with Crippen LogP contribution in [-0.2, 0) is 11.2 Å². The first-order valence-corrected chi connectivity index (χ1v) is 9.25. The second-order valence-corrected chi connectivity index (χ2v) is 7.29. The van der Waals surface area contributed by atoms with Crippen LogP contribution in [0.1, 0.15) is 17.2 Å². The van der Waals surface area contributed by atoms with Crippen LogP contribution in [-0.4, -0.2) is 78.0 Å². The minimum absolute atomic E-state index is 0.0819. The molecule has 1 aliphatic heterocycles. The lowest BCUT2D eigenvalue weighted by Crippen LogP contribution is -2.41. The number of H-pyrrole nitrogens is 1. The summed E-state index contributed by atoms with van der Waals surface area (Å²) in [4.78, 5) is 20.9. The van der Waals surface area contributed by atoms with Gasteiger partial charge in [0.05, 0.1) is 13.2 Å². The largest absolute Gasteiger partial charge is 0.379 e. The summed E-state index contributed by atoms with van der Waals surface area (Å²) < 4.78 is 5.65. The maximum Gasteiger partial charge on any atom is 0.321 e. The summed E-state index contributed by atoms with van der Waals surface area (Å²) in [6.07, 6.45) is 0.661. The van der Waals surface area contributed by atoms with Gasteiger partial charge >= 0.3 is 6.03 Å². The number of anilines is 1. The van der Waals surface area contributed by atoms with E-state index in [0.29, 0.717) is 38.6 Å². The van der Waals surface area contributed by atoms with Crippen LogP contribution >= 0.6 is 0 Å². The zero-order chi connectivity index (χ0) is 19.2. The first-order valence-electron chi connectivity index (χ1n) is 9.25. The average Bonchev–Trinajstić information content (AvgIpc) is 2.89. The summed E-state index contributed by atoms with van der Waals surface area (Å²) in [5.41, 5.74) is 1.88. The Morgan fingerprint density at radius 2 is 2.15 bits per heavy atom. The lowest BCUT2D eigenvalue weighted by Gasteiger charge is -2.25. The molecule has 8 heteroatoms. The zero-order valence-corrected chi connectivity index (χ0v) is 16.2. The number of carbonyl (C=O) groups is 1. The number of rotatable bonds is 5. The molecule has 1 fully saturated rings. The van der Waals surface area contributed by atoms with Crippen molar-refractivity contribution in [3.63, 3.8) is 0 Å². The Kier molecular flexibility index (Phi) is 6.41. The van der Waals surface area contributed by atoms with Gasteiger partial charge in [0.2, 0.25) is 0 Å². The number of aromatic amines is 1. The first kappa shape index (κ1) is 19.3. The SMILES string of the molecule is Cc1nc(Cc2ccc(NC(=O)N3CCOC[C@H](CN(C)C)C3)cc2)n[nH]1. The summed E-state index contributed by atoms with van der Waals surface area (Å²) in [5.74, 6) is 1.89. The first-order chi connectivity index (χ1) is 13.0. The molecule has 2 heterocycles. The van der Waals surface area contributed by atoms with E-state index >= 15 is 0 Å². The Balaban J connectivity index is 1.56. The molecule has 3 rings (SSSR count). The molecule has 0 unspecified atom stereocenters. The summed E-state index contributed by atoms with van der Waals surface area (Å²) in [5, 5.41) is 9.99. The zero-order valence-electron chi connectivity index (χ0n) is 16.2. The van der Waals surface area contributed by atoms with E-state index in [4.69, 9.17) is 4.74 Å². The number of nitrogens with one attached hydrogen (secondary N) is 2. The highest BCUT2D eigenvalue weighted by Gasteiger charge is 2.23. The molecule has 1 aromatic carbocycles. The number of urea groups is 1. The van der Waals surface area contributed by atoms with Crippen molar-refractivity contribution >= 4 is 11.7 Å². The molecule has 1 aliphatic rings. The highest BCUT2D eigenvalue weighted by Crippen LogP contribution is 2.14. The van der Waals surface area contributed by atoms with Gasteiger partial charge in [0, 0.05) is 37.7 Å². The molecule has 146 valence electrons. The van der Waals surface area contributed by atoms with Gasteiger partial charge in [-0.25, -0.2) is 9.78 Å². The van der Waals surface area contributed by atoms with Crippen molar-refractivity contribution in [1.82, 2.24) is 25.0 Å². The van der Waals surface area contributed by atoms with Gasteiger partial charge in [-0.05, 0) is 38.7 Å². The van der Waals surface area contributed by atoms with Crippen LogP contribution in [0.5, 0.6) is 0 Å². The summed E-state index contributed by atoms with van der Waals surface area (Å²) in [7, 11) is 4.08. The average molecular weight is 372 g/mol. The van der Waals surface area contributed by atoms with Gasteiger partial charge in [0.15, 0.2) is 5.82 Å². The van der Waals surface area contributed by atoms with Gasteiger partial charge < -0.3 is 19.9 Å². The van der Waals surface area contributed by atoms with Crippen molar-refractivity contribution in [2.45, 2.75) is 13.3 Å². The van der Waals surface area contributed by atoms with Gasteiger partial charge in [-0.15, -0.1) is 0 Å². The molecule has 1 aromatic heterocycles. The van der Waals surface area contributed by atoms with E-state index in [-0.39, 0.29) is 6.03 Å². The molecule has 27 heavy (non-hydrogen) atoms. The van der Waals surface area contributed by atoms with Crippen LogP contribution in [0.15, 0.2) is 24.3 Å². The molecule has 0 saturated carbocycles. The van der Waals surface area contributed by atoms with Crippen LogP contribution in [0.25, 0.3) is 0 Å². The van der Waals surface area contributed by atoms with Gasteiger partial charge in [0.25, 0.3) is 0 Å². The van der Waals surface area contributed by atoms with E-state index in [1.54, 1.807) is 0 Å². The molecule has 1 atom stereocenters. The van der Waals surface area contributed by atoms with Gasteiger partial charge in [-0.2, -0.15) is 5.10 Å². The maximum absolute atomic E-state index is 12.7. The lowest BCUT2D eigenvalue weighted by molar-refractivity contribution is 0.112. The molecule has 2 N–H and O–H groups in total. The second kappa shape index (κ2) is 8.96. The number of nitrogens with zero attached hydrogens (tertiary/aromatic N) is 4. The predicted octanol–water partition coefficient (Wildman–Crippen LogP) is 1.75. The molecule has 0 aliphatic carbocycles. The van der Waals surface area contributed by atoms with Crippen LogP contribution in [0, 0.1) is 12.8 Å². The normalized spacial score (nSPS) is 17.8. The number of benzene rings is 1. The number of aryl methyl sites for hydroxylation is 1. The second-order valence-electron chi connectivity index (χ2n) is 7.29. The predicted molar refractivity (Wildman–Crippen MR) is 104 cm³/mol. The van der Waals surface area contributed by atoms with Crippen molar-refractivity contribution in [2.75, 3.05) is 52.3 Å². The van der Waals surface area contributed by atoms with Crippen molar-refractivity contribution < 1.29 is 9.53 Å².